The summed E-state index contributed by atoms with van der Waals surface area (Å²) in [5.74, 6) is -0.330. The average molecular weight is 480 g/mol. The highest BCUT2D eigenvalue weighted by Gasteiger charge is 2.36. The third-order valence-corrected chi connectivity index (χ3v) is 6.98. The van der Waals surface area contributed by atoms with Gasteiger partial charge in [0.1, 0.15) is 11.3 Å². The van der Waals surface area contributed by atoms with E-state index in [1.165, 1.54) is 4.90 Å². The average Bonchev–Trinajstić information content (AvgIpc) is 3.24. The second kappa shape index (κ2) is 8.68. The Balaban J connectivity index is 1.34. The molecule has 0 saturated heterocycles. The van der Waals surface area contributed by atoms with E-state index in [4.69, 9.17) is 4.74 Å². The van der Waals surface area contributed by atoms with E-state index in [0.717, 1.165) is 23.1 Å². The number of carbonyl (C=O) groups is 2. The minimum Gasteiger partial charge on any atom is -0.477 e. The Hall–Kier alpha value is -4.39. The topological polar surface area (TPSA) is 80.6 Å². The number of hydrogen-bond donors (Lipinski definition) is 1. The first kappa shape index (κ1) is 22.1. The summed E-state index contributed by atoms with van der Waals surface area (Å²) in [6.45, 7) is 2.43. The highest BCUT2D eigenvalue weighted by atomic mass is 16.5. The van der Waals surface area contributed by atoms with Crippen LogP contribution in [0.1, 0.15) is 34.5 Å². The van der Waals surface area contributed by atoms with Crippen LogP contribution in [0.3, 0.4) is 0 Å². The lowest BCUT2D eigenvalue weighted by Gasteiger charge is -2.34. The van der Waals surface area contributed by atoms with Gasteiger partial charge in [-0.2, -0.15) is 0 Å². The van der Waals surface area contributed by atoms with Gasteiger partial charge in [0.05, 0.1) is 17.7 Å². The number of carbonyl (C=O) groups excluding carboxylic acids is 2. The molecule has 0 unspecified atom stereocenters. The second-order valence-corrected chi connectivity index (χ2v) is 9.34. The fourth-order valence-corrected chi connectivity index (χ4v) is 5.18. The molecular weight excluding hydrogens is 454 g/mol. The lowest BCUT2D eigenvalue weighted by atomic mass is 10.1. The van der Waals surface area contributed by atoms with Crippen LogP contribution in [0.15, 0.2) is 83.8 Å². The van der Waals surface area contributed by atoms with Crippen molar-refractivity contribution in [2.75, 3.05) is 11.4 Å². The first-order valence-electron chi connectivity index (χ1n) is 12.1. The van der Waals surface area contributed by atoms with Crippen molar-refractivity contribution in [3.63, 3.8) is 0 Å². The van der Waals surface area contributed by atoms with Crippen LogP contribution in [-0.4, -0.2) is 29.0 Å². The standard InChI is InChI=1S/C29H25N3O4/c1-18-14-20-10-7-11-21-26(20)31(18)16-22(27(21)33)29(35)32-17-25(36-24-13-6-5-12-23(24)32)28(34)30-15-19-8-3-2-4-9-19/h2-13,16,18,25H,14-15,17H2,1H3,(H,30,34)/t18-,25-/m0/s1. The van der Waals surface area contributed by atoms with Crippen molar-refractivity contribution in [2.24, 2.45) is 0 Å². The predicted octanol–water partition coefficient (Wildman–Crippen LogP) is 3.84. The molecule has 7 heteroatoms. The highest BCUT2D eigenvalue weighted by Crippen LogP contribution is 2.35. The van der Waals surface area contributed by atoms with Gasteiger partial charge in [-0.15, -0.1) is 0 Å². The molecule has 0 fully saturated rings. The van der Waals surface area contributed by atoms with E-state index in [-0.39, 0.29) is 29.5 Å². The summed E-state index contributed by atoms with van der Waals surface area (Å²) >= 11 is 0. The second-order valence-electron chi connectivity index (χ2n) is 9.34. The molecule has 2 atom stereocenters. The fourth-order valence-electron chi connectivity index (χ4n) is 5.18. The lowest BCUT2D eigenvalue weighted by molar-refractivity contribution is -0.127. The fraction of sp³-hybridized carbons (Fsp3) is 0.207. The molecule has 0 aliphatic carbocycles. The molecule has 4 aromatic rings. The zero-order chi connectivity index (χ0) is 24.8. The largest absolute Gasteiger partial charge is 0.477 e. The van der Waals surface area contributed by atoms with Gasteiger partial charge in [-0.1, -0.05) is 54.6 Å². The first-order chi connectivity index (χ1) is 17.5. The molecule has 7 nitrogen and oxygen atoms in total. The summed E-state index contributed by atoms with van der Waals surface area (Å²) in [5, 5.41) is 3.44. The van der Waals surface area contributed by atoms with Gasteiger partial charge in [-0.3, -0.25) is 14.4 Å². The van der Waals surface area contributed by atoms with E-state index in [1.54, 1.807) is 36.5 Å². The van der Waals surface area contributed by atoms with Crippen molar-refractivity contribution in [1.82, 2.24) is 9.88 Å². The van der Waals surface area contributed by atoms with Crippen LogP contribution >= 0.6 is 0 Å². The number of nitrogens with zero attached hydrogens (tertiary/aromatic N) is 2. The predicted molar refractivity (Wildman–Crippen MR) is 137 cm³/mol. The first-order valence-corrected chi connectivity index (χ1v) is 12.1. The Morgan fingerprint density at radius 3 is 2.61 bits per heavy atom. The number of anilines is 1. The molecule has 0 radical (unpaired) electrons. The molecule has 36 heavy (non-hydrogen) atoms. The molecule has 0 saturated carbocycles. The van der Waals surface area contributed by atoms with E-state index < -0.39 is 12.0 Å². The van der Waals surface area contributed by atoms with Gasteiger partial charge in [0.15, 0.2) is 6.10 Å². The molecule has 0 spiro atoms. The number of benzene rings is 3. The Labute approximate surface area is 207 Å². The van der Waals surface area contributed by atoms with E-state index in [0.29, 0.717) is 23.4 Å². The Kier molecular flexibility index (Phi) is 5.33. The number of hydrogen-bond acceptors (Lipinski definition) is 4. The molecule has 1 N–H and O–H groups in total. The Morgan fingerprint density at radius 1 is 1.00 bits per heavy atom. The van der Waals surface area contributed by atoms with E-state index >= 15 is 0 Å². The van der Waals surface area contributed by atoms with Crippen molar-refractivity contribution in [3.05, 3.63) is 106 Å². The smallest absolute Gasteiger partial charge is 0.264 e. The van der Waals surface area contributed by atoms with Crippen LogP contribution in [0.4, 0.5) is 5.69 Å². The zero-order valence-electron chi connectivity index (χ0n) is 19.8. The molecule has 1 aromatic heterocycles. The molecule has 3 heterocycles. The van der Waals surface area contributed by atoms with Crippen molar-refractivity contribution < 1.29 is 14.3 Å². The quantitative estimate of drug-likeness (QED) is 0.482. The maximum atomic E-state index is 13.9. The molecule has 2 aliphatic heterocycles. The molecule has 6 rings (SSSR count). The van der Waals surface area contributed by atoms with Gasteiger partial charge in [-0.05, 0) is 42.7 Å². The molecule has 2 aliphatic rings. The van der Waals surface area contributed by atoms with Crippen LogP contribution in [-0.2, 0) is 17.8 Å². The number of aromatic nitrogens is 1. The van der Waals surface area contributed by atoms with Gasteiger partial charge in [0.2, 0.25) is 5.43 Å². The van der Waals surface area contributed by atoms with Crippen LogP contribution < -0.4 is 20.4 Å². The van der Waals surface area contributed by atoms with E-state index in [2.05, 4.69) is 12.2 Å². The number of fused-ring (bicyclic) bond motifs is 1. The maximum Gasteiger partial charge on any atom is 0.264 e. The SMILES string of the molecule is C[C@H]1Cc2cccc3c(=O)c(C(=O)N4C[C@@H](C(=O)NCc5ccccc5)Oc5ccccc54)cn1c23. The molecule has 0 bridgehead atoms. The summed E-state index contributed by atoms with van der Waals surface area (Å²) in [4.78, 5) is 41.9. The van der Waals surface area contributed by atoms with Gasteiger partial charge >= 0.3 is 0 Å². The Bertz CT molecular complexity index is 1560. The normalized spacial score (nSPS) is 18.0. The Morgan fingerprint density at radius 2 is 1.78 bits per heavy atom. The highest BCUT2D eigenvalue weighted by molar-refractivity contribution is 6.09. The maximum absolute atomic E-state index is 13.9. The number of pyridine rings is 1. The molecular formula is C29H25N3O4. The van der Waals surface area contributed by atoms with Gasteiger partial charge in [-0.25, -0.2) is 0 Å². The van der Waals surface area contributed by atoms with Gasteiger partial charge in [0.25, 0.3) is 11.8 Å². The number of amides is 2. The van der Waals surface area contributed by atoms with Crippen molar-refractivity contribution in [1.29, 1.82) is 0 Å². The molecule has 180 valence electrons. The third-order valence-electron chi connectivity index (χ3n) is 6.98. The zero-order valence-corrected chi connectivity index (χ0v) is 19.8. The third kappa shape index (κ3) is 3.64. The van der Waals surface area contributed by atoms with Crippen LogP contribution in [0.5, 0.6) is 5.75 Å². The van der Waals surface area contributed by atoms with Crippen LogP contribution in [0.2, 0.25) is 0 Å². The molecule has 2 amide bonds. The number of para-hydroxylation sites is 3. The van der Waals surface area contributed by atoms with E-state index in [9.17, 15) is 14.4 Å². The van der Waals surface area contributed by atoms with Gasteiger partial charge < -0.3 is 19.5 Å². The van der Waals surface area contributed by atoms with Crippen molar-refractivity contribution in [2.45, 2.75) is 32.0 Å². The number of rotatable bonds is 4. The number of nitrogens with one attached hydrogen (secondary N) is 1. The van der Waals surface area contributed by atoms with Crippen LogP contribution in [0.25, 0.3) is 10.9 Å². The van der Waals surface area contributed by atoms with E-state index in [1.807, 2.05) is 47.0 Å². The summed E-state index contributed by atoms with van der Waals surface area (Å²) in [5.41, 5.74) is 3.31. The number of ether oxygens (including phenoxy) is 1. The summed E-state index contributed by atoms with van der Waals surface area (Å²) in [6, 6.07) is 22.5. The summed E-state index contributed by atoms with van der Waals surface area (Å²) in [6.07, 6.45) is 1.59. The van der Waals surface area contributed by atoms with Gasteiger partial charge in [0, 0.05) is 24.2 Å². The lowest BCUT2D eigenvalue weighted by Crippen LogP contribution is -2.51. The summed E-state index contributed by atoms with van der Waals surface area (Å²) < 4.78 is 8.00. The molecule has 3 aromatic carbocycles. The monoisotopic (exact) mass is 479 g/mol. The van der Waals surface area contributed by atoms with Crippen LogP contribution in [0, 0.1) is 0 Å². The van der Waals surface area contributed by atoms with Crippen molar-refractivity contribution in [3.8, 4) is 5.75 Å². The summed E-state index contributed by atoms with van der Waals surface area (Å²) in [7, 11) is 0. The minimum absolute atomic E-state index is 0.00351. The van der Waals surface area contributed by atoms with Crippen molar-refractivity contribution >= 4 is 28.4 Å². The minimum atomic E-state index is -0.906.